The van der Waals surface area contributed by atoms with E-state index in [1.807, 2.05) is 0 Å². The zero-order valence-electron chi connectivity index (χ0n) is 17.8. The molecule has 0 unspecified atom stereocenters. The molecule has 0 amide bonds. The van der Waals surface area contributed by atoms with Crippen molar-refractivity contribution in [1.82, 2.24) is 24.5 Å². The highest BCUT2D eigenvalue weighted by atomic mass is 35.5. The van der Waals surface area contributed by atoms with Gasteiger partial charge < -0.3 is 13.8 Å². The summed E-state index contributed by atoms with van der Waals surface area (Å²) in [5.41, 5.74) is 0.220. The van der Waals surface area contributed by atoms with Crippen LogP contribution in [0.2, 0.25) is 5.02 Å². The van der Waals surface area contributed by atoms with Gasteiger partial charge in [-0.25, -0.2) is 9.07 Å². The molecule has 5 aromatic rings. The summed E-state index contributed by atoms with van der Waals surface area (Å²) in [5, 5.41) is 7.40. The number of aromatic nitrogens is 5. The van der Waals surface area contributed by atoms with Crippen LogP contribution in [0.25, 0.3) is 16.6 Å². The molecule has 0 radical (unpaired) electrons. The molecule has 34 heavy (non-hydrogen) atoms. The van der Waals surface area contributed by atoms with Gasteiger partial charge in [-0.3, -0.25) is 14.7 Å². The lowest BCUT2D eigenvalue weighted by Crippen LogP contribution is -2.27. The maximum absolute atomic E-state index is 13.5. The quantitative estimate of drug-likeness (QED) is 0.397. The minimum atomic E-state index is -0.418. The lowest BCUT2D eigenvalue weighted by atomic mass is 10.2. The molecule has 11 heteroatoms. The van der Waals surface area contributed by atoms with E-state index in [0.29, 0.717) is 33.6 Å². The Labute approximate surface area is 196 Å². The van der Waals surface area contributed by atoms with Gasteiger partial charge >= 0.3 is 0 Å². The lowest BCUT2D eigenvalue weighted by molar-refractivity contribution is 0.294. The molecule has 0 saturated carbocycles. The highest BCUT2D eigenvalue weighted by molar-refractivity contribution is 6.32. The molecule has 3 aromatic heterocycles. The van der Waals surface area contributed by atoms with Crippen molar-refractivity contribution >= 4 is 22.5 Å². The number of hydrogen-bond donors (Lipinski definition) is 1. The number of fused-ring (bicyclic) bond motifs is 1. The molecule has 172 valence electrons. The van der Waals surface area contributed by atoms with Crippen molar-refractivity contribution in [2.45, 2.75) is 20.1 Å². The van der Waals surface area contributed by atoms with Crippen LogP contribution >= 0.6 is 11.6 Å². The van der Waals surface area contributed by atoms with Crippen molar-refractivity contribution in [1.29, 1.82) is 0 Å². The third-order valence-corrected chi connectivity index (χ3v) is 5.54. The van der Waals surface area contributed by atoms with E-state index in [1.54, 1.807) is 31.2 Å². The fraction of sp³-hybridized carbons (Fsp3) is 0.130. The topological polar surface area (TPSA) is 108 Å². The summed E-state index contributed by atoms with van der Waals surface area (Å²) in [5.74, 6) is 0.571. The summed E-state index contributed by atoms with van der Waals surface area (Å²) in [6.07, 6.45) is 0. The van der Waals surface area contributed by atoms with E-state index in [2.05, 4.69) is 15.2 Å². The zero-order chi connectivity index (χ0) is 23.8. The van der Waals surface area contributed by atoms with Gasteiger partial charge in [0, 0.05) is 13.0 Å². The molecule has 0 atom stereocenters. The number of aryl methyl sites for hydroxylation is 1. The Bertz CT molecular complexity index is 1620. The summed E-state index contributed by atoms with van der Waals surface area (Å²) in [6.45, 7) is 1.45. The van der Waals surface area contributed by atoms with Crippen LogP contribution in [0.1, 0.15) is 17.4 Å². The maximum Gasteiger partial charge on any atom is 0.281 e. The molecule has 9 nitrogen and oxygen atoms in total. The summed E-state index contributed by atoms with van der Waals surface area (Å²) in [7, 11) is 0. The van der Waals surface area contributed by atoms with E-state index in [1.165, 1.54) is 39.6 Å². The van der Waals surface area contributed by atoms with Gasteiger partial charge in [0.1, 0.15) is 18.2 Å². The van der Waals surface area contributed by atoms with Crippen molar-refractivity contribution in [2.75, 3.05) is 0 Å². The molecule has 5 rings (SSSR count). The standard InChI is InChI=1S/C23H17ClFN5O4/c1-13-26-20(28-34-13)11-29-19(12-33-15-8-6-14(25)7-9-15)22-17(10-21(29)31)27-30(23(22)32)18-5-3-2-4-16(18)24/h2-10,27H,11-12H2,1H3. The van der Waals surface area contributed by atoms with Crippen LogP contribution in [-0.2, 0) is 13.2 Å². The molecule has 0 aliphatic rings. The first-order valence-electron chi connectivity index (χ1n) is 10.2. The van der Waals surface area contributed by atoms with E-state index in [9.17, 15) is 14.0 Å². The summed E-state index contributed by atoms with van der Waals surface area (Å²) >= 11 is 6.30. The van der Waals surface area contributed by atoms with Crippen molar-refractivity contribution in [3.8, 4) is 11.4 Å². The van der Waals surface area contributed by atoms with Crippen LogP contribution in [0.15, 0.2) is 68.7 Å². The van der Waals surface area contributed by atoms with Crippen LogP contribution in [-0.4, -0.2) is 24.5 Å². The minimum Gasteiger partial charge on any atom is -0.487 e. The van der Waals surface area contributed by atoms with Gasteiger partial charge in [0.25, 0.3) is 11.1 Å². The molecular weight excluding hydrogens is 465 g/mol. The van der Waals surface area contributed by atoms with Crippen LogP contribution in [0.4, 0.5) is 4.39 Å². The maximum atomic E-state index is 13.5. The Balaban J connectivity index is 1.68. The van der Waals surface area contributed by atoms with E-state index in [-0.39, 0.29) is 24.4 Å². The number of nitrogens with one attached hydrogen (secondary N) is 1. The van der Waals surface area contributed by atoms with Gasteiger partial charge in [0.15, 0.2) is 5.82 Å². The largest absolute Gasteiger partial charge is 0.487 e. The number of halogens is 2. The predicted molar refractivity (Wildman–Crippen MR) is 122 cm³/mol. The van der Waals surface area contributed by atoms with Crippen molar-refractivity contribution in [3.05, 3.63) is 104 Å². The molecule has 0 saturated heterocycles. The molecule has 0 aliphatic heterocycles. The second kappa shape index (κ2) is 8.64. The fourth-order valence-electron chi connectivity index (χ4n) is 3.66. The third kappa shape index (κ3) is 3.99. The van der Waals surface area contributed by atoms with Crippen LogP contribution in [0.5, 0.6) is 5.75 Å². The Morgan fingerprint density at radius 1 is 1.15 bits per heavy atom. The van der Waals surface area contributed by atoms with Crippen molar-refractivity contribution in [3.63, 3.8) is 0 Å². The van der Waals surface area contributed by atoms with E-state index >= 15 is 0 Å². The van der Waals surface area contributed by atoms with Crippen LogP contribution < -0.4 is 15.9 Å². The van der Waals surface area contributed by atoms with Gasteiger partial charge in [0.05, 0.1) is 33.9 Å². The fourth-order valence-corrected chi connectivity index (χ4v) is 3.88. The number of pyridine rings is 1. The minimum absolute atomic E-state index is 0.0368. The number of aromatic amines is 1. The molecule has 3 heterocycles. The summed E-state index contributed by atoms with van der Waals surface area (Å²) < 4.78 is 26.7. The second-order valence-electron chi connectivity index (χ2n) is 7.48. The lowest BCUT2D eigenvalue weighted by Gasteiger charge is -2.13. The molecule has 0 bridgehead atoms. The van der Waals surface area contributed by atoms with Gasteiger partial charge in [-0.1, -0.05) is 28.9 Å². The van der Waals surface area contributed by atoms with E-state index in [4.69, 9.17) is 20.9 Å². The first kappa shape index (κ1) is 21.7. The molecular formula is C23H17ClFN5O4. The monoisotopic (exact) mass is 481 g/mol. The average Bonchev–Trinajstić information content (AvgIpc) is 3.37. The number of para-hydroxylation sites is 1. The number of nitrogens with zero attached hydrogens (tertiary/aromatic N) is 4. The number of benzene rings is 2. The Kier molecular flexibility index (Phi) is 5.50. The van der Waals surface area contributed by atoms with E-state index in [0.717, 1.165) is 0 Å². The molecule has 0 fully saturated rings. The van der Waals surface area contributed by atoms with Gasteiger partial charge in [0.2, 0.25) is 5.89 Å². The van der Waals surface area contributed by atoms with Gasteiger partial charge in [-0.15, -0.1) is 0 Å². The number of hydrogen-bond acceptors (Lipinski definition) is 6. The highest BCUT2D eigenvalue weighted by Gasteiger charge is 2.20. The SMILES string of the molecule is Cc1nc(Cn2c(COc3ccc(F)cc3)c3c(=O)n(-c4ccccc4Cl)[nH]c3cc2=O)no1. The van der Waals surface area contributed by atoms with Crippen molar-refractivity contribution in [2.24, 2.45) is 0 Å². The first-order chi connectivity index (χ1) is 16.4. The number of rotatable bonds is 6. The third-order valence-electron chi connectivity index (χ3n) is 5.22. The Morgan fingerprint density at radius 2 is 1.91 bits per heavy atom. The van der Waals surface area contributed by atoms with Crippen LogP contribution in [0, 0.1) is 12.7 Å². The molecule has 0 aliphatic carbocycles. The Morgan fingerprint density at radius 3 is 2.62 bits per heavy atom. The van der Waals surface area contributed by atoms with Crippen molar-refractivity contribution < 1.29 is 13.7 Å². The zero-order valence-corrected chi connectivity index (χ0v) is 18.5. The second-order valence-corrected chi connectivity index (χ2v) is 7.89. The van der Waals surface area contributed by atoms with Gasteiger partial charge in [-0.2, -0.15) is 4.98 Å². The number of ether oxygens (including phenoxy) is 1. The summed E-state index contributed by atoms with van der Waals surface area (Å²) in [6, 6.07) is 13.6. The average molecular weight is 482 g/mol. The highest BCUT2D eigenvalue weighted by Crippen LogP contribution is 2.22. The smallest absolute Gasteiger partial charge is 0.281 e. The normalized spacial score (nSPS) is 11.3. The Hall–Kier alpha value is -4.18. The first-order valence-corrected chi connectivity index (χ1v) is 10.6. The van der Waals surface area contributed by atoms with Crippen LogP contribution in [0.3, 0.4) is 0 Å². The van der Waals surface area contributed by atoms with E-state index < -0.39 is 16.9 Å². The van der Waals surface area contributed by atoms with Gasteiger partial charge in [-0.05, 0) is 36.4 Å². The summed E-state index contributed by atoms with van der Waals surface area (Å²) in [4.78, 5) is 30.7. The molecule has 2 aromatic carbocycles. The molecule has 0 spiro atoms. The molecule has 1 N–H and O–H groups in total. The number of H-pyrrole nitrogens is 1. The predicted octanol–water partition coefficient (Wildman–Crippen LogP) is 3.59.